The van der Waals surface area contributed by atoms with Crippen molar-refractivity contribution in [2.24, 2.45) is 0 Å². The summed E-state index contributed by atoms with van der Waals surface area (Å²) in [5, 5.41) is 3.97. The highest BCUT2D eigenvalue weighted by atomic mass is 35.5. The van der Waals surface area contributed by atoms with Crippen molar-refractivity contribution in [3.8, 4) is 11.5 Å². The van der Waals surface area contributed by atoms with Crippen molar-refractivity contribution in [1.29, 1.82) is 0 Å². The van der Waals surface area contributed by atoms with E-state index >= 15 is 0 Å². The van der Waals surface area contributed by atoms with Crippen molar-refractivity contribution >= 4 is 17.3 Å². The maximum atomic E-state index is 6.47. The van der Waals surface area contributed by atoms with Crippen LogP contribution < -0.4 is 14.8 Å². The number of hydrogen-bond acceptors (Lipinski definition) is 3. The summed E-state index contributed by atoms with van der Waals surface area (Å²) in [7, 11) is 1.63. The molecule has 0 saturated heterocycles. The Kier molecular flexibility index (Phi) is 6.25. The van der Waals surface area contributed by atoms with E-state index in [9.17, 15) is 0 Å². The maximum absolute atomic E-state index is 6.47. The van der Waals surface area contributed by atoms with Gasteiger partial charge in [-0.3, -0.25) is 0 Å². The van der Waals surface area contributed by atoms with Crippen molar-refractivity contribution in [2.75, 3.05) is 12.4 Å². The number of rotatable bonds is 7. The zero-order valence-corrected chi connectivity index (χ0v) is 16.6. The van der Waals surface area contributed by atoms with Gasteiger partial charge in [-0.05, 0) is 60.4 Å². The fraction of sp³-hybridized carbons (Fsp3) is 0.217. The summed E-state index contributed by atoms with van der Waals surface area (Å²) in [6.45, 7) is 5.31. The summed E-state index contributed by atoms with van der Waals surface area (Å²) < 4.78 is 11.4. The van der Waals surface area contributed by atoms with Crippen molar-refractivity contribution < 1.29 is 9.47 Å². The summed E-state index contributed by atoms with van der Waals surface area (Å²) in [4.78, 5) is 0. The minimum Gasteiger partial charge on any atom is -0.493 e. The first kappa shape index (κ1) is 19.1. The average molecular weight is 382 g/mol. The Morgan fingerprint density at radius 3 is 2.37 bits per heavy atom. The number of benzene rings is 3. The molecule has 4 heteroatoms. The first-order valence-corrected chi connectivity index (χ1v) is 9.29. The molecule has 3 nitrogen and oxygen atoms in total. The van der Waals surface area contributed by atoms with Gasteiger partial charge < -0.3 is 14.8 Å². The van der Waals surface area contributed by atoms with Crippen LogP contribution in [0.25, 0.3) is 0 Å². The van der Waals surface area contributed by atoms with Crippen molar-refractivity contribution in [3.05, 3.63) is 87.9 Å². The molecule has 0 aliphatic heterocycles. The molecule has 0 heterocycles. The number of hydrogen-bond donors (Lipinski definition) is 1. The van der Waals surface area contributed by atoms with E-state index < -0.39 is 0 Å². The second kappa shape index (κ2) is 8.83. The van der Waals surface area contributed by atoms with Crippen LogP contribution in [0.3, 0.4) is 0 Å². The number of halogens is 1. The topological polar surface area (TPSA) is 30.5 Å². The fourth-order valence-corrected chi connectivity index (χ4v) is 3.09. The number of ether oxygens (including phenoxy) is 2. The molecule has 3 aromatic rings. The van der Waals surface area contributed by atoms with Crippen molar-refractivity contribution in [2.45, 2.75) is 27.0 Å². The highest BCUT2D eigenvalue weighted by Crippen LogP contribution is 2.37. The molecular formula is C23H24ClNO2. The predicted molar refractivity (Wildman–Crippen MR) is 112 cm³/mol. The lowest BCUT2D eigenvalue weighted by atomic mass is 10.1. The second-order valence-corrected chi connectivity index (χ2v) is 6.94. The van der Waals surface area contributed by atoms with Gasteiger partial charge in [0.25, 0.3) is 0 Å². The molecule has 140 valence electrons. The summed E-state index contributed by atoms with van der Waals surface area (Å²) in [6, 6.07) is 20.2. The van der Waals surface area contributed by atoms with E-state index in [0.717, 1.165) is 16.8 Å². The van der Waals surface area contributed by atoms with E-state index in [-0.39, 0.29) is 0 Å². The molecular weight excluding hydrogens is 358 g/mol. The van der Waals surface area contributed by atoms with E-state index in [0.29, 0.717) is 29.7 Å². The molecule has 0 aromatic heterocycles. The highest BCUT2D eigenvalue weighted by molar-refractivity contribution is 6.32. The third kappa shape index (κ3) is 4.95. The van der Waals surface area contributed by atoms with Crippen LogP contribution in [-0.2, 0) is 13.2 Å². The smallest absolute Gasteiger partial charge is 0.180 e. The van der Waals surface area contributed by atoms with Gasteiger partial charge in [0.1, 0.15) is 6.61 Å². The monoisotopic (exact) mass is 381 g/mol. The quantitative estimate of drug-likeness (QED) is 0.531. The highest BCUT2D eigenvalue weighted by Gasteiger charge is 2.12. The normalized spacial score (nSPS) is 10.5. The fourth-order valence-electron chi connectivity index (χ4n) is 2.80. The minimum absolute atomic E-state index is 0.442. The summed E-state index contributed by atoms with van der Waals surface area (Å²) >= 11 is 6.47. The molecule has 0 unspecified atom stereocenters. The van der Waals surface area contributed by atoms with Crippen LogP contribution in [0.2, 0.25) is 5.02 Å². The van der Waals surface area contributed by atoms with Gasteiger partial charge in [0.05, 0.1) is 12.1 Å². The molecule has 0 aliphatic rings. The Hall–Kier alpha value is -2.65. The second-order valence-electron chi connectivity index (χ2n) is 6.54. The molecule has 0 radical (unpaired) electrons. The van der Waals surface area contributed by atoms with Gasteiger partial charge in [-0.25, -0.2) is 0 Å². The van der Waals surface area contributed by atoms with Crippen LogP contribution in [0, 0.1) is 13.8 Å². The number of nitrogens with one attached hydrogen (secondary N) is 1. The summed E-state index contributed by atoms with van der Waals surface area (Å²) in [6.07, 6.45) is 0. The molecule has 0 spiro atoms. The van der Waals surface area contributed by atoms with E-state index in [1.54, 1.807) is 7.11 Å². The van der Waals surface area contributed by atoms with Crippen LogP contribution >= 0.6 is 11.6 Å². The van der Waals surface area contributed by atoms with Gasteiger partial charge >= 0.3 is 0 Å². The number of anilines is 1. The van der Waals surface area contributed by atoms with E-state index in [4.69, 9.17) is 21.1 Å². The Morgan fingerprint density at radius 1 is 0.889 bits per heavy atom. The Morgan fingerprint density at radius 2 is 1.67 bits per heavy atom. The van der Waals surface area contributed by atoms with Gasteiger partial charge in [-0.2, -0.15) is 0 Å². The van der Waals surface area contributed by atoms with Gasteiger partial charge in [0.15, 0.2) is 11.5 Å². The molecule has 0 aliphatic carbocycles. The Balaban J connectivity index is 1.72. The maximum Gasteiger partial charge on any atom is 0.180 e. The molecule has 0 amide bonds. The zero-order valence-electron chi connectivity index (χ0n) is 15.9. The molecule has 3 rings (SSSR count). The lowest BCUT2D eigenvalue weighted by Gasteiger charge is -2.15. The lowest BCUT2D eigenvalue weighted by molar-refractivity contribution is 0.284. The van der Waals surface area contributed by atoms with E-state index in [1.165, 1.54) is 11.1 Å². The van der Waals surface area contributed by atoms with Crippen LogP contribution in [-0.4, -0.2) is 7.11 Å². The van der Waals surface area contributed by atoms with E-state index in [1.807, 2.05) is 42.5 Å². The van der Waals surface area contributed by atoms with Crippen molar-refractivity contribution in [3.63, 3.8) is 0 Å². The number of aryl methyl sites for hydroxylation is 2. The minimum atomic E-state index is 0.442. The molecule has 0 fully saturated rings. The van der Waals surface area contributed by atoms with Crippen LogP contribution in [0.15, 0.2) is 60.7 Å². The van der Waals surface area contributed by atoms with Gasteiger partial charge in [-0.1, -0.05) is 48.0 Å². The zero-order chi connectivity index (χ0) is 19.2. The standard InChI is InChI=1S/C23H24ClNO2/c1-16-9-10-20(11-17(16)2)25-14-19-12-21(24)23(22(13-19)26-3)27-15-18-7-5-4-6-8-18/h4-13,25H,14-15H2,1-3H3. The van der Waals surface area contributed by atoms with Gasteiger partial charge in [0, 0.05) is 12.2 Å². The van der Waals surface area contributed by atoms with Crippen LogP contribution in [0.5, 0.6) is 11.5 Å². The Labute approximate surface area is 165 Å². The molecule has 27 heavy (non-hydrogen) atoms. The van der Waals surface area contributed by atoms with Crippen LogP contribution in [0.4, 0.5) is 5.69 Å². The van der Waals surface area contributed by atoms with Crippen LogP contribution in [0.1, 0.15) is 22.3 Å². The largest absolute Gasteiger partial charge is 0.493 e. The molecule has 0 atom stereocenters. The Bertz CT molecular complexity index is 910. The summed E-state index contributed by atoms with van der Waals surface area (Å²) in [5.41, 5.74) is 5.74. The first-order valence-electron chi connectivity index (χ1n) is 8.91. The third-order valence-electron chi connectivity index (χ3n) is 4.52. The van der Waals surface area contributed by atoms with Crippen molar-refractivity contribution in [1.82, 2.24) is 0 Å². The lowest BCUT2D eigenvalue weighted by Crippen LogP contribution is -2.03. The van der Waals surface area contributed by atoms with E-state index in [2.05, 4.69) is 37.4 Å². The predicted octanol–water partition coefficient (Wildman–Crippen LogP) is 6.16. The van der Waals surface area contributed by atoms with Gasteiger partial charge in [-0.15, -0.1) is 0 Å². The molecule has 0 saturated carbocycles. The summed E-state index contributed by atoms with van der Waals surface area (Å²) in [5.74, 6) is 1.20. The average Bonchev–Trinajstić information content (AvgIpc) is 2.68. The molecule has 3 aromatic carbocycles. The first-order chi connectivity index (χ1) is 13.1. The van der Waals surface area contributed by atoms with Gasteiger partial charge in [0.2, 0.25) is 0 Å². The number of methoxy groups -OCH3 is 1. The molecule has 1 N–H and O–H groups in total. The SMILES string of the molecule is COc1cc(CNc2ccc(C)c(C)c2)cc(Cl)c1OCc1ccccc1. The third-order valence-corrected chi connectivity index (χ3v) is 4.80. The molecule has 0 bridgehead atoms.